The number of aromatic hydroxyl groups is 1. The van der Waals surface area contributed by atoms with Gasteiger partial charge in [-0.05, 0) is 42.0 Å². The number of benzene rings is 2. The molecule has 2 N–H and O–H groups in total. The average molecular weight is 313 g/mol. The van der Waals surface area contributed by atoms with Crippen LogP contribution in [0.25, 0.3) is 6.08 Å². The topological polar surface area (TPSA) is 118 Å². The van der Waals surface area contributed by atoms with E-state index in [9.17, 15) is 24.8 Å². The third-order valence-corrected chi connectivity index (χ3v) is 3.04. The summed E-state index contributed by atoms with van der Waals surface area (Å²) in [7, 11) is 0. The number of ketones is 1. The largest absolute Gasteiger partial charge is 0.507 e. The fourth-order valence-electron chi connectivity index (χ4n) is 1.84. The van der Waals surface area contributed by atoms with Gasteiger partial charge in [0.1, 0.15) is 5.75 Å². The van der Waals surface area contributed by atoms with Gasteiger partial charge in [0.15, 0.2) is 5.78 Å². The van der Waals surface area contributed by atoms with Crippen molar-refractivity contribution in [3.05, 3.63) is 75.3 Å². The van der Waals surface area contributed by atoms with E-state index in [1.165, 1.54) is 36.4 Å². The van der Waals surface area contributed by atoms with Crippen LogP contribution in [-0.4, -0.2) is 26.9 Å². The Balaban J connectivity index is 2.23. The van der Waals surface area contributed by atoms with E-state index < -0.39 is 16.7 Å². The van der Waals surface area contributed by atoms with Crippen LogP contribution < -0.4 is 0 Å². The first-order valence-electron chi connectivity index (χ1n) is 6.41. The van der Waals surface area contributed by atoms with E-state index in [2.05, 4.69) is 0 Å². The molecule has 0 fully saturated rings. The van der Waals surface area contributed by atoms with E-state index >= 15 is 0 Å². The first kappa shape index (κ1) is 15.9. The average Bonchev–Trinajstić information content (AvgIpc) is 2.53. The van der Waals surface area contributed by atoms with Gasteiger partial charge >= 0.3 is 5.97 Å². The minimum atomic E-state index is -1.21. The van der Waals surface area contributed by atoms with E-state index in [0.717, 1.165) is 18.2 Å². The first-order valence-corrected chi connectivity index (χ1v) is 6.41. The molecular weight excluding hydrogens is 302 g/mol. The Hall–Kier alpha value is -3.48. The van der Waals surface area contributed by atoms with Crippen LogP contribution in [0.2, 0.25) is 0 Å². The highest BCUT2D eigenvalue weighted by molar-refractivity contribution is 6.09. The van der Waals surface area contributed by atoms with Gasteiger partial charge in [0.05, 0.1) is 16.1 Å². The lowest BCUT2D eigenvalue weighted by Crippen LogP contribution is -2.01. The summed E-state index contributed by atoms with van der Waals surface area (Å²) in [6, 6.07) is 8.94. The van der Waals surface area contributed by atoms with Gasteiger partial charge in [-0.25, -0.2) is 4.79 Å². The van der Waals surface area contributed by atoms with Gasteiger partial charge in [-0.3, -0.25) is 14.9 Å². The van der Waals surface area contributed by atoms with Crippen molar-refractivity contribution in [1.82, 2.24) is 0 Å². The van der Waals surface area contributed by atoms with Crippen LogP contribution in [0.3, 0.4) is 0 Å². The lowest BCUT2D eigenvalue weighted by atomic mass is 10.0. The SMILES string of the molecule is O=C(O)c1ccc(O)c(C(=O)C=Cc2ccc([N+](=O)[O-])cc2)c1. The maximum Gasteiger partial charge on any atom is 0.335 e. The third-order valence-electron chi connectivity index (χ3n) is 3.04. The van der Waals surface area contributed by atoms with Gasteiger partial charge in [0, 0.05) is 12.1 Å². The molecule has 0 amide bonds. The fraction of sp³-hybridized carbons (Fsp3) is 0. The molecule has 0 unspecified atom stereocenters. The number of nitro groups is 1. The Morgan fingerprint density at radius 2 is 1.74 bits per heavy atom. The fourth-order valence-corrected chi connectivity index (χ4v) is 1.84. The van der Waals surface area contributed by atoms with Crippen molar-refractivity contribution in [2.45, 2.75) is 0 Å². The monoisotopic (exact) mass is 313 g/mol. The van der Waals surface area contributed by atoms with Crippen LogP contribution in [0.5, 0.6) is 5.75 Å². The molecule has 116 valence electrons. The quantitative estimate of drug-likeness (QED) is 0.379. The number of hydrogen-bond donors (Lipinski definition) is 2. The standard InChI is InChI=1S/C16H11NO6/c18-14(13-9-11(16(20)21)4-8-15(13)19)7-3-10-1-5-12(6-2-10)17(22)23/h1-9,19H,(H,20,21). The number of non-ortho nitro benzene ring substituents is 1. The maximum absolute atomic E-state index is 12.0. The summed E-state index contributed by atoms with van der Waals surface area (Å²) in [6.45, 7) is 0. The number of hydrogen-bond acceptors (Lipinski definition) is 5. The second-order valence-corrected chi connectivity index (χ2v) is 4.58. The van der Waals surface area contributed by atoms with Gasteiger partial charge in [0.25, 0.3) is 5.69 Å². The molecule has 0 saturated heterocycles. The number of nitro benzene ring substituents is 1. The van der Waals surface area contributed by atoms with E-state index in [1.807, 2.05) is 0 Å². The van der Waals surface area contributed by atoms with Crippen LogP contribution in [0.1, 0.15) is 26.3 Å². The molecule has 0 atom stereocenters. The van der Waals surface area contributed by atoms with Crippen LogP contribution >= 0.6 is 0 Å². The van der Waals surface area contributed by atoms with Gasteiger partial charge in [0.2, 0.25) is 0 Å². The van der Waals surface area contributed by atoms with Crippen molar-refractivity contribution in [3.63, 3.8) is 0 Å². The lowest BCUT2D eigenvalue weighted by molar-refractivity contribution is -0.384. The zero-order valence-corrected chi connectivity index (χ0v) is 11.7. The summed E-state index contributed by atoms with van der Waals surface area (Å²) >= 11 is 0. The predicted octanol–water partition coefficient (Wildman–Crippen LogP) is 2.89. The molecule has 0 aliphatic heterocycles. The number of carbonyl (C=O) groups excluding carboxylic acids is 1. The minimum absolute atomic E-state index is 0.0692. The van der Waals surface area contributed by atoms with Gasteiger partial charge < -0.3 is 10.2 Å². The molecule has 2 aromatic carbocycles. The van der Waals surface area contributed by atoms with Gasteiger partial charge in [-0.2, -0.15) is 0 Å². The number of phenols is 1. The molecule has 0 bridgehead atoms. The molecule has 0 spiro atoms. The Morgan fingerprint density at radius 1 is 1.09 bits per heavy atom. The summed E-state index contributed by atoms with van der Waals surface area (Å²) in [5.41, 5.74) is 0.232. The number of phenolic OH excluding ortho intramolecular Hbond substituents is 1. The van der Waals surface area contributed by atoms with Crippen LogP contribution in [0.4, 0.5) is 5.69 Å². The molecule has 0 aliphatic carbocycles. The van der Waals surface area contributed by atoms with Crippen LogP contribution in [-0.2, 0) is 0 Å². The maximum atomic E-state index is 12.0. The number of carboxylic acid groups (broad SMARTS) is 1. The Kier molecular flexibility index (Phi) is 4.51. The number of rotatable bonds is 5. The number of carboxylic acids is 1. The lowest BCUT2D eigenvalue weighted by Gasteiger charge is -2.02. The Labute approximate surface area is 130 Å². The number of carbonyl (C=O) groups is 2. The zero-order valence-electron chi connectivity index (χ0n) is 11.7. The minimum Gasteiger partial charge on any atom is -0.507 e. The van der Waals surface area contributed by atoms with E-state index in [0.29, 0.717) is 5.56 Å². The van der Waals surface area contributed by atoms with E-state index in [-0.39, 0.29) is 22.6 Å². The van der Waals surface area contributed by atoms with Crippen LogP contribution in [0.15, 0.2) is 48.5 Å². The number of allylic oxidation sites excluding steroid dienone is 1. The Morgan fingerprint density at radius 3 is 2.30 bits per heavy atom. The second-order valence-electron chi connectivity index (χ2n) is 4.58. The molecule has 2 aromatic rings. The molecule has 0 heterocycles. The van der Waals surface area contributed by atoms with Crippen molar-refractivity contribution < 1.29 is 24.7 Å². The molecular formula is C16H11NO6. The molecule has 23 heavy (non-hydrogen) atoms. The van der Waals surface area contributed by atoms with Crippen molar-refractivity contribution in [1.29, 1.82) is 0 Å². The van der Waals surface area contributed by atoms with Crippen molar-refractivity contribution in [3.8, 4) is 5.75 Å². The molecule has 0 aliphatic rings. The predicted molar refractivity (Wildman–Crippen MR) is 81.5 cm³/mol. The van der Waals surface area contributed by atoms with Gasteiger partial charge in [-0.15, -0.1) is 0 Å². The van der Waals surface area contributed by atoms with Crippen LogP contribution in [0, 0.1) is 10.1 Å². The Bertz CT molecular complexity index is 808. The second kappa shape index (κ2) is 6.52. The van der Waals surface area contributed by atoms with Crippen molar-refractivity contribution in [2.75, 3.05) is 0 Å². The van der Waals surface area contributed by atoms with E-state index in [4.69, 9.17) is 5.11 Å². The molecule has 2 rings (SSSR count). The molecule has 0 radical (unpaired) electrons. The van der Waals surface area contributed by atoms with Gasteiger partial charge in [-0.1, -0.05) is 6.08 Å². The van der Waals surface area contributed by atoms with E-state index in [1.54, 1.807) is 0 Å². The molecule has 7 heteroatoms. The summed E-state index contributed by atoms with van der Waals surface area (Å²) in [5, 5.41) is 29.1. The highest BCUT2D eigenvalue weighted by atomic mass is 16.6. The number of aromatic carboxylic acids is 1. The summed E-state index contributed by atoms with van der Waals surface area (Å²) < 4.78 is 0. The highest BCUT2D eigenvalue weighted by Gasteiger charge is 2.12. The van der Waals surface area contributed by atoms with Crippen molar-refractivity contribution >= 4 is 23.5 Å². The number of nitrogens with zero attached hydrogens (tertiary/aromatic N) is 1. The molecule has 7 nitrogen and oxygen atoms in total. The summed E-state index contributed by atoms with van der Waals surface area (Å²) in [6.07, 6.45) is 2.57. The normalized spacial score (nSPS) is 10.6. The zero-order chi connectivity index (χ0) is 17.0. The third kappa shape index (κ3) is 3.79. The summed E-state index contributed by atoms with van der Waals surface area (Å²) in [5.74, 6) is -2.12. The first-order chi connectivity index (χ1) is 10.9. The smallest absolute Gasteiger partial charge is 0.335 e. The molecule has 0 saturated carbocycles. The van der Waals surface area contributed by atoms with Crippen molar-refractivity contribution in [2.24, 2.45) is 0 Å². The molecule has 0 aromatic heterocycles. The highest BCUT2D eigenvalue weighted by Crippen LogP contribution is 2.20. The summed E-state index contributed by atoms with van der Waals surface area (Å²) in [4.78, 5) is 32.9.